The van der Waals surface area contributed by atoms with Crippen LogP contribution in [-0.4, -0.2) is 5.75 Å². The Bertz CT molecular complexity index is 545. The van der Waals surface area contributed by atoms with Gasteiger partial charge in [-0.05, 0) is 60.3 Å². The molecule has 22 heavy (non-hydrogen) atoms. The van der Waals surface area contributed by atoms with E-state index in [1.165, 1.54) is 55.4 Å². The molecule has 0 bridgehead atoms. The maximum atomic E-state index is 2.25. The fourth-order valence-electron chi connectivity index (χ4n) is 3.06. The first kappa shape index (κ1) is 15.4. The van der Waals surface area contributed by atoms with E-state index in [9.17, 15) is 0 Å². The molecule has 1 fully saturated rings. The summed E-state index contributed by atoms with van der Waals surface area (Å²) in [7, 11) is 0. The second-order valence-corrected chi connectivity index (χ2v) is 7.14. The van der Waals surface area contributed by atoms with Gasteiger partial charge in [-0.25, -0.2) is 0 Å². The predicted octanol–water partition coefficient (Wildman–Crippen LogP) is 6.03. The van der Waals surface area contributed by atoms with Crippen LogP contribution < -0.4 is 0 Å². The van der Waals surface area contributed by atoms with Crippen LogP contribution in [-0.2, 0) is 12.8 Å². The van der Waals surface area contributed by atoms with Crippen LogP contribution in [0.2, 0.25) is 0 Å². The Labute approximate surface area is 138 Å². The third-order valence-electron chi connectivity index (χ3n) is 4.34. The van der Waals surface area contributed by atoms with E-state index in [1.54, 1.807) is 10.5 Å². The van der Waals surface area contributed by atoms with E-state index in [1.807, 2.05) is 0 Å². The molecule has 0 aromatic heterocycles. The smallest absolute Gasteiger partial charge is 0.00199 e. The predicted molar refractivity (Wildman–Crippen MR) is 98.2 cm³/mol. The summed E-state index contributed by atoms with van der Waals surface area (Å²) in [5.41, 5.74) is 4.63. The highest BCUT2D eigenvalue weighted by molar-refractivity contribution is 8.03. The van der Waals surface area contributed by atoms with Crippen LogP contribution in [0.25, 0.3) is 0 Å². The molecular formula is C21H24S. The van der Waals surface area contributed by atoms with Crippen LogP contribution in [0.5, 0.6) is 0 Å². The van der Waals surface area contributed by atoms with E-state index in [2.05, 4.69) is 72.4 Å². The summed E-state index contributed by atoms with van der Waals surface area (Å²) in [6, 6.07) is 21.8. The van der Waals surface area contributed by atoms with Gasteiger partial charge >= 0.3 is 0 Å². The number of hydrogen-bond acceptors (Lipinski definition) is 1. The van der Waals surface area contributed by atoms with Gasteiger partial charge in [0.05, 0.1) is 0 Å². The zero-order valence-corrected chi connectivity index (χ0v) is 13.9. The summed E-state index contributed by atoms with van der Waals surface area (Å²) in [5, 5.41) is 0. The second-order valence-electron chi connectivity index (χ2n) is 5.95. The molecule has 0 nitrogen and oxygen atoms in total. The van der Waals surface area contributed by atoms with E-state index < -0.39 is 0 Å². The van der Waals surface area contributed by atoms with Crippen molar-refractivity contribution in [3.8, 4) is 0 Å². The average Bonchev–Trinajstić information content (AvgIpc) is 3.11. The molecule has 0 N–H and O–H groups in total. The van der Waals surface area contributed by atoms with Gasteiger partial charge in [-0.3, -0.25) is 0 Å². The van der Waals surface area contributed by atoms with Crippen molar-refractivity contribution < 1.29 is 0 Å². The van der Waals surface area contributed by atoms with Gasteiger partial charge in [-0.2, -0.15) is 0 Å². The quantitative estimate of drug-likeness (QED) is 0.627. The van der Waals surface area contributed by atoms with Crippen molar-refractivity contribution in [1.82, 2.24) is 0 Å². The minimum absolute atomic E-state index is 1.18. The van der Waals surface area contributed by atoms with Crippen molar-refractivity contribution in [3.63, 3.8) is 0 Å². The number of thioether (sulfide) groups is 1. The molecule has 0 aliphatic carbocycles. The molecule has 1 aliphatic heterocycles. The number of aryl methyl sites for hydroxylation is 2. The fourth-order valence-corrected chi connectivity index (χ4v) is 4.29. The molecule has 0 unspecified atom stereocenters. The summed E-state index contributed by atoms with van der Waals surface area (Å²) < 4.78 is 0. The summed E-state index contributed by atoms with van der Waals surface area (Å²) in [4.78, 5) is 1.69. The zero-order valence-electron chi connectivity index (χ0n) is 13.1. The number of hydrogen-bond donors (Lipinski definition) is 0. The summed E-state index contributed by atoms with van der Waals surface area (Å²) in [6.45, 7) is 0. The first-order valence-corrected chi connectivity index (χ1v) is 9.32. The highest BCUT2D eigenvalue weighted by atomic mass is 32.2. The number of benzene rings is 2. The molecule has 3 rings (SSSR count). The Morgan fingerprint density at radius 3 is 1.77 bits per heavy atom. The monoisotopic (exact) mass is 308 g/mol. The number of rotatable bonds is 6. The number of allylic oxidation sites excluding steroid dienone is 2. The maximum absolute atomic E-state index is 2.25. The molecule has 0 amide bonds. The fraction of sp³-hybridized carbons (Fsp3) is 0.333. The van der Waals surface area contributed by atoms with Gasteiger partial charge in [0.15, 0.2) is 0 Å². The van der Waals surface area contributed by atoms with Gasteiger partial charge < -0.3 is 0 Å². The van der Waals surface area contributed by atoms with E-state index in [0.29, 0.717) is 0 Å². The molecule has 0 radical (unpaired) electrons. The molecule has 1 saturated heterocycles. The van der Waals surface area contributed by atoms with Crippen molar-refractivity contribution in [2.24, 2.45) is 0 Å². The Kier molecular flexibility index (Phi) is 5.78. The van der Waals surface area contributed by atoms with Gasteiger partial charge in [0.1, 0.15) is 0 Å². The van der Waals surface area contributed by atoms with E-state index >= 15 is 0 Å². The lowest BCUT2D eigenvalue weighted by Gasteiger charge is -2.12. The average molecular weight is 308 g/mol. The summed E-state index contributed by atoms with van der Waals surface area (Å²) in [5.74, 6) is 1.31. The van der Waals surface area contributed by atoms with Gasteiger partial charge in [-0.15, -0.1) is 11.8 Å². The standard InChI is InChI=1S/C21H24S/c1-3-8-18(9-4-1)13-15-20(21-12-7-17-22-21)16-14-19-10-5-2-6-11-19/h1-6,8-11H,7,12-17H2. The molecular weight excluding hydrogens is 284 g/mol. The highest BCUT2D eigenvalue weighted by Crippen LogP contribution is 2.36. The SMILES string of the molecule is c1ccc(CCC(CCc2ccccc2)=C2CCCS2)cc1. The van der Waals surface area contributed by atoms with Gasteiger partial charge in [0, 0.05) is 0 Å². The summed E-state index contributed by atoms with van der Waals surface area (Å²) >= 11 is 2.10. The van der Waals surface area contributed by atoms with E-state index in [4.69, 9.17) is 0 Å². The molecule has 2 aromatic carbocycles. The molecule has 0 atom stereocenters. The Balaban J connectivity index is 1.64. The normalized spacial score (nSPS) is 14.3. The van der Waals surface area contributed by atoms with Crippen LogP contribution in [0.15, 0.2) is 71.1 Å². The van der Waals surface area contributed by atoms with E-state index in [-0.39, 0.29) is 0 Å². The molecule has 1 heteroatoms. The molecule has 1 heterocycles. The van der Waals surface area contributed by atoms with Crippen LogP contribution in [0.4, 0.5) is 0 Å². The Hall–Kier alpha value is -1.47. The minimum Gasteiger partial charge on any atom is -0.131 e. The molecule has 0 spiro atoms. The third kappa shape index (κ3) is 4.51. The van der Waals surface area contributed by atoms with Crippen molar-refractivity contribution in [3.05, 3.63) is 82.3 Å². The van der Waals surface area contributed by atoms with Crippen LogP contribution in [0, 0.1) is 0 Å². The summed E-state index contributed by atoms with van der Waals surface area (Å²) in [6.07, 6.45) is 7.46. The van der Waals surface area contributed by atoms with Crippen LogP contribution in [0.3, 0.4) is 0 Å². The van der Waals surface area contributed by atoms with Crippen molar-refractivity contribution in [1.29, 1.82) is 0 Å². The Morgan fingerprint density at radius 1 is 0.773 bits per heavy atom. The largest absolute Gasteiger partial charge is 0.131 e. The van der Waals surface area contributed by atoms with E-state index in [0.717, 1.165) is 0 Å². The molecule has 2 aromatic rings. The lowest BCUT2D eigenvalue weighted by molar-refractivity contribution is 0.817. The maximum Gasteiger partial charge on any atom is -0.00199 e. The first-order chi connectivity index (χ1) is 10.9. The highest BCUT2D eigenvalue weighted by Gasteiger charge is 2.13. The van der Waals surface area contributed by atoms with Gasteiger partial charge in [0.25, 0.3) is 0 Å². The lowest BCUT2D eigenvalue weighted by atomic mass is 9.97. The van der Waals surface area contributed by atoms with Crippen molar-refractivity contribution in [2.75, 3.05) is 5.75 Å². The zero-order chi connectivity index (χ0) is 15.0. The van der Waals surface area contributed by atoms with Crippen LogP contribution in [0.1, 0.15) is 36.8 Å². The lowest BCUT2D eigenvalue weighted by Crippen LogP contribution is -1.95. The second kappa shape index (κ2) is 8.24. The first-order valence-electron chi connectivity index (χ1n) is 8.33. The van der Waals surface area contributed by atoms with Crippen LogP contribution >= 0.6 is 11.8 Å². The molecule has 0 saturated carbocycles. The molecule has 114 valence electrons. The van der Waals surface area contributed by atoms with Gasteiger partial charge in [-0.1, -0.05) is 66.2 Å². The Morgan fingerprint density at radius 2 is 1.32 bits per heavy atom. The molecule has 1 aliphatic rings. The van der Waals surface area contributed by atoms with Crippen molar-refractivity contribution in [2.45, 2.75) is 38.5 Å². The topological polar surface area (TPSA) is 0 Å². The minimum atomic E-state index is 1.18. The van der Waals surface area contributed by atoms with Gasteiger partial charge in [0.2, 0.25) is 0 Å². The van der Waals surface area contributed by atoms with Crippen molar-refractivity contribution >= 4 is 11.8 Å². The third-order valence-corrected chi connectivity index (χ3v) is 5.67.